The second kappa shape index (κ2) is 7.91. The third kappa shape index (κ3) is 3.54. The zero-order valence-corrected chi connectivity index (χ0v) is 16.3. The Balaban J connectivity index is 1.47. The van der Waals surface area contributed by atoms with Gasteiger partial charge in [-0.3, -0.25) is 9.59 Å². The monoisotopic (exact) mass is 420 g/mol. The summed E-state index contributed by atoms with van der Waals surface area (Å²) >= 11 is 0. The van der Waals surface area contributed by atoms with Crippen molar-refractivity contribution < 1.29 is 22.8 Å². The number of likely N-dealkylation sites (tertiary alicyclic amines) is 1. The van der Waals surface area contributed by atoms with Gasteiger partial charge < -0.3 is 15.5 Å². The van der Waals surface area contributed by atoms with Crippen molar-refractivity contribution in [1.29, 1.82) is 5.26 Å². The number of carbonyl (C=O) groups is 2. The maximum atomic E-state index is 14.1. The average molecular weight is 420 g/mol. The number of amides is 2. The van der Waals surface area contributed by atoms with Crippen LogP contribution in [-0.2, 0) is 4.79 Å². The second-order valence-corrected chi connectivity index (χ2v) is 8.45. The summed E-state index contributed by atoms with van der Waals surface area (Å²) in [5, 5.41) is 9.18. The van der Waals surface area contributed by atoms with E-state index >= 15 is 0 Å². The lowest BCUT2D eigenvalue weighted by molar-refractivity contribution is -0.134. The first kappa shape index (κ1) is 20.7. The quantitative estimate of drug-likeness (QED) is 0.811. The molecular weight excluding hydrogens is 397 g/mol. The van der Waals surface area contributed by atoms with Gasteiger partial charge >= 0.3 is 0 Å². The summed E-state index contributed by atoms with van der Waals surface area (Å²) in [6, 6.07) is 2.61. The molecule has 2 amide bonds. The molecular formula is C21H23F3N4O2. The number of hydrogen-bond donors (Lipinski definition) is 1. The Morgan fingerprint density at radius 2 is 1.83 bits per heavy atom. The Hall–Kier alpha value is -2.60. The zero-order valence-electron chi connectivity index (χ0n) is 16.3. The lowest BCUT2D eigenvalue weighted by Crippen LogP contribution is -2.55. The molecule has 0 aliphatic carbocycles. The summed E-state index contributed by atoms with van der Waals surface area (Å²) < 4.78 is 41.3. The molecule has 0 saturated carbocycles. The molecule has 3 aliphatic rings. The Kier molecular flexibility index (Phi) is 5.45. The van der Waals surface area contributed by atoms with Crippen LogP contribution in [0.3, 0.4) is 0 Å². The van der Waals surface area contributed by atoms with Crippen LogP contribution in [-0.4, -0.2) is 58.5 Å². The molecule has 3 aliphatic heterocycles. The Bertz CT molecular complexity index is 891. The number of nitrogens with zero attached hydrogens (tertiary/aromatic N) is 3. The SMILES string of the molecule is N#C[C@@H]1C[C@H](F)CN1C(=O)[C@@H](N)C1C[C@@H]2CC[C@@H](C1)N2C(=O)c1cc(F)ccc1F. The van der Waals surface area contributed by atoms with Gasteiger partial charge in [0.1, 0.15) is 23.8 Å². The fourth-order valence-corrected chi connectivity index (χ4v) is 5.19. The van der Waals surface area contributed by atoms with Crippen LogP contribution in [0.5, 0.6) is 0 Å². The molecule has 0 aromatic heterocycles. The van der Waals surface area contributed by atoms with E-state index in [1.807, 2.05) is 6.07 Å². The molecule has 0 spiro atoms. The first-order valence-corrected chi connectivity index (χ1v) is 10.2. The molecule has 1 aromatic rings. The summed E-state index contributed by atoms with van der Waals surface area (Å²) in [5.41, 5.74) is 5.93. The summed E-state index contributed by atoms with van der Waals surface area (Å²) in [5.74, 6) is -2.68. The van der Waals surface area contributed by atoms with Crippen molar-refractivity contribution >= 4 is 11.8 Å². The number of nitrogens with two attached hydrogens (primary N) is 1. The molecule has 30 heavy (non-hydrogen) atoms. The average Bonchev–Trinajstić information content (AvgIpc) is 3.24. The van der Waals surface area contributed by atoms with E-state index in [4.69, 9.17) is 5.73 Å². The predicted molar refractivity (Wildman–Crippen MR) is 101 cm³/mol. The van der Waals surface area contributed by atoms with E-state index in [1.165, 1.54) is 4.90 Å². The van der Waals surface area contributed by atoms with Crippen molar-refractivity contribution in [2.75, 3.05) is 6.54 Å². The van der Waals surface area contributed by atoms with E-state index in [1.54, 1.807) is 4.90 Å². The number of piperidine rings is 1. The van der Waals surface area contributed by atoms with Gasteiger partial charge in [0, 0.05) is 18.5 Å². The van der Waals surface area contributed by atoms with Crippen molar-refractivity contribution in [2.24, 2.45) is 11.7 Å². The van der Waals surface area contributed by atoms with Gasteiger partial charge in [0.05, 0.1) is 24.2 Å². The Labute approximate surface area is 172 Å². The third-order valence-electron chi connectivity index (χ3n) is 6.64. The van der Waals surface area contributed by atoms with Gasteiger partial charge in [-0.15, -0.1) is 0 Å². The van der Waals surface area contributed by atoms with Crippen molar-refractivity contribution in [2.45, 2.75) is 62.4 Å². The van der Waals surface area contributed by atoms with Gasteiger partial charge in [-0.1, -0.05) is 0 Å². The maximum Gasteiger partial charge on any atom is 0.257 e. The number of halogens is 3. The van der Waals surface area contributed by atoms with Crippen LogP contribution in [0.15, 0.2) is 18.2 Å². The minimum atomic E-state index is -1.23. The fourth-order valence-electron chi connectivity index (χ4n) is 5.19. The van der Waals surface area contributed by atoms with Crippen molar-refractivity contribution in [3.63, 3.8) is 0 Å². The second-order valence-electron chi connectivity index (χ2n) is 8.45. The molecule has 3 heterocycles. The normalized spacial score (nSPS) is 31.5. The molecule has 2 N–H and O–H groups in total. The highest BCUT2D eigenvalue weighted by Gasteiger charge is 2.48. The Morgan fingerprint density at radius 3 is 2.47 bits per heavy atom. The molecule has 3 saturated heterocycles. The highest BCUT2D eigenvalue weighted by molar-refractivity contribution is 5.95. The largest absolute Gasteiger partial charge is 0.333 e. The van der Waals surface area contributed by atoms with E-state index in [0.717, 1.165) is 18.2 Å². The summed E-state index contributed by atoms with van der Waals surface area (Å²) in [6.07, 6.45) is 1.06. The summed E-state index contributed by atoms with van der Waals surface area (Å²) in [7, 11) is 0. The Morgan fingerprint density at radius 1 is 1.17 bits per heavy atom. The lowest BCUT2D eigenvalue weighted by atomic mass is 9.84. The van der Waals surface area contributed by atoms with Gasteiger partial charge in [-0.25, -0.2) is 13.2 Å². The molecule has 5 atom stereocenters. The van der Waals surface area contributed by atoms with Crippen molar-refractivity contribution in [3.8, 4) is 6.07 Å². The number of nitriles is 1. The van der Waals surface area contributed by atoms with E-state index in [0.29, 0.717) is 25.7 Å². The molecule has 160 valence electrons. The first-order chi connectivity index (χ1) is 14.3. The standard InChI is InChI=1S/C21H23F3N4O2/c22-12-1-4-18(24)17(8-12)20(29)28-14-2-3-15(28)6-11(5-14)19(26)21(30)27-10-13(23)7-16(27)9-25/h1,4,8,11,13-16,19H,2-3,5-7,10,26H2/t13-,14-,15-,16-,19-/m0/s1. The topological polar surface area (TPSA) is 90.4 Å². The molecule has 3 fully saturated rings. The minimum absolute atomic E-state index is 0.00758. The summed E-state index contributed by atoms with van der Waals surface area (Å²) in [6.45, 7) is -0.131. The molecule has 2 bridgehead atoms. The molecule has 9 heteroatoms. The summed E-state index contributed by atoms with van der Waals surface area (Å²) in [4.78, 5) is 28.5. The molecule has 1 aromatic carbocycles. The van der Waals surface area contributed by atoms with Crippen LogP contribution in [0.25, 0.3) is 0 Å². The molecule has 0 radical (unpaired) electrons. The van der Waals surface area contributed by atoms with Gasteiger partial charge in [0.15, 0.2) is 0 Å². The number of benzene rings is 1. The van der Waals surface area contributed by atoms with Crippen molar-refractivity contribution in [1.82, 2.24) is 9.80 Å². The van der Waals surface area contributed by atoms with Crippen LogP contribution in [0.4, 0.5) is 13.2 Å². The lowest BCUT2D eigenvalue weighted by Gasteiger charge is -2.41. The molecule has 6 nitrogen and oxygen atoms in total. The molecule has 0 unspecified atom stereocenters. The van der Waals surface area contributed by atoms with Crippen LogP contribution in [0.1, 0.15) is 42.5 Å². The minimum Gasteiger partial charge on any atom is -0.333 e. The number of carbonyl (C=O) groups excluding carboxylic acids is 2. The van der Waals surface area contributed by atoms with E-state index in [9.17, 15) is 28.0 Å². The van der Waals surface area contributed by atoms with Crippen LogP contribution in [0, 0.1) is 28.9 Å². The smallest absolute Gasteiger partial charge is 0.257 e. The van der Waals surface area contributed by atoms with Gasteiger partial charge in [0.2, 0.25) is 5.91 Å². The number of rotatable bonds is 3. The first-order valence-electron chi connectivity index (χ1n) is 10.2. The highest BCUT2D eigenvalue weighted by Crippen LogP contribution is 2.41. The highest BCUT2D eigenvalue weighted by atomic mass is 19.1. The van der Waals surface area contributed by atoms with Crippen LogP contribution < -0.4 is 5.73 Å². The number of hydrogen-bond acceptors (Lipinski definition) is 4. The van der Waals surface area contributed by atoms with E-state index in [2.05, 4.69) is 0 Å². The maximum absolute atomic E-state index is 14.1. The number of alkyl halides is 1. The predicted octanol–water partition coefficient (Wildman–Crippen LogP) is 2.14. The van der Waals surface area contributed by atoms with Gasteiger partial charge in [-0.2, -0.15) is 5.26 Å². The van der Waals surface area contributed by atoms with E-state index < -0.39 is 41.7 Å². The van der Waals surface area contributed by atoms with Gasteiger partial charge in [-0.05, 0) is 49.8 Å². The zero-order chi connectivity index (χ0) is 21.6. The van der Waals surface area contributed by atoms with Crippen LogP contribution in [0.2, 0.25) is 0 Å². The van der Waals surface area contributed by atoms with Gasteiger partial charge in [0.25, 0.3) is 5.91 Å². The van der Waals surface area contributed by atoms with Crippen molar-refractivity contribution in [3.05, 3.63) is 35.4 Å². The van der Waals surface area contributed by atoms with E-state index in [-0.39, 0.29) is 36.5 Å². The van der Waals surface area contributed by atoms with Crippen LogP contribution >= 0.6 is 0 Å². The fraction of sp³-hybridized carbons (Fsp3) is 0.571. The molecule has 4 rings (SSSR count). The third-order valence-corrected chi connectivity index (χ3v) is 6.64. The number of fused-ring (bicyclic) bond motifs is 2.